The van der Waals surface area contributed by atoms with Gasteiger partial charge in [-0.3, -0.25) is 4.79 Å². The van der Waals surface area contributed by atoms with Gasteiger partial charge >= 0.3 is 0 Å². The van der Waals surface area contributed by atoms with Gasteiger partial charge in [-0.05, 0) is 36.8 Å². The Morgan fingerprint density at radius 3 is 2.56 bits per heavy atom. The summed E-state index contributed by atoms with van der Waals surface area (Å²) in [5, 5.41) is 6.01. The molecule has 1 amide bonds. The predicted molar refractivity (Wildman–Crippen MR) is 105 cm³/mol. The number of nitrogens with zero attached hydrogens (tertiary/aromatic N) is 1. The van der Waals surface area contributed by atoms with Crippen LogP contribution in [0.5, 0.6) is 0 Å². The van der Waals surface area contributed by atoms with E-state index in [2.05, 4.69) is 54.0 Å². The van der Waals surface area contributed by atoms with Crippen molar-refractivity contribution in [3.05, 3.63) is 57.8 Å². The van der Waals surface area contributed by atoms with Crippen LogP contribution >= 0.6 is 11.3 Å². The van der Waals surface area contributed by atoms with E-state index in [1.807, 2.05) is 18.7 Å². The summed E-state index contributed by atoms with van der Waals surface area (Å²) >= 11 is 1.80. The summed E-state index contributed by atoms with van der Waals surface area (Å²) in [5.74, 6) is 0.377. The molecule has 134 valence electrons. The average molecular weight is 357 g/mol. The number of carbonyl (C=O) groups excluding carboxylic acids is 1. The van der Waals surface area contributed by atoms with Gasteiger partial charge < -0.3 is 10.2 Å². The molecule has 0 saturated carbocycles. The number of amides is 1. The SMILES string of the molecule is Cc1cccc(C(NC2CCN(C(=O)C(C)C)CC2)c2cccs2)c1. The highest BCUT2D eigenvalue weighted by molar-refractivity contribution is 7.10. The standard InChI is InChI=1S/C21H28N2OS/c1-15(2)21(24)23-11-9-18(10-12-23)22-20(19-8-5-13-25-19)17-7-4-6-16(3)14-17/h4-8,13-15,18,20,22H,9-12H2,1-3H3. The summed E-state index contributed by atoms with van der Waals surface area (Å²) in [6, 6.07) is 13.8. The molecule has 1 aliphatic heterocycles. The second kappa shape index (κ2) is 8.15. The second-order valence-corrected chi connectivity index (χ2v) is 8.26. The molecular weight excluding hydrogens is 328 g/mol. The van der Waals surface area contributed by atoms with Gasteiger partial charge in [-0.2, -0.15) is 0 Å². The lowest BCUT2D eigenvalue weighted by Gasteiger charge is -2.35. The topological polar surface area (TPSA) is 32.3 Å². The molecule has 1 aromatic heterocycles. The fraction of sp³-hybridized carbons (Fsp3) is 0.476. The van der Waals surface area contributed by atoms with Crippen LogP contribution in [0.3, 0.4) is 0 Å². The fourth-order valence-electron chi connectivity index (χ4n) is 3.52. The number of aryl methyl sites for hydroxylation is 1. The maximum Gasteiger partial charge on any atom is 0.225 e. The number of carbonyl (C=O) groups is 1. The zero-order valence-electron chi connectivity index (χ0n) is 15.4. The van der Waals surface area contributed by atoms with Crippen molar-refractivity contribution in [3.8, 4) is 0 Å². The molecule has 0 aliphatic carbocycles. The maximum atomic E-state index is 12.2. The van der Waals surface area contributed by atoms with Crippen LogP contribution in [-0.2, 0) is 4.79 Å². The van der Waals surface area contributed by atoms with E-state index < -0.39 is 0 Å². The number of rotatable bonds is 5. The van der Waals surface area contributed by atoms with Gasteiger partial charge in [0, 0.05) is 29.9 Å². The summed E-state index contributed by atoms with van der Waals surface area (Å²) in [4.78, 5) is 15.6. The third-order valence-corrected chi connectivity index (χ3v) is 5.84. The van der Waals surface area contributed by atoms with Gasteiger partial charge in [0.2, 0.25) is 5.91 Å². The quantitative estimate of drug-likeness (QED) is 0.862. The molecule has 25 heavy (non-hydrogen) atoms. The summed E-state index contributed by atoms with van der Waals surface area (Å²) in [6.07, 6.45) is 2.04. The van der Waals surface area contributed by atoms with E-state index in [0.717, 1.165) is 25.9 Å². The molecule has 1 unspecified atom stereocenters. The van der Waals surface area contributed by atoms with Crippen molar-refractivity contribution < 1.29 is 4.79 Å². The van der Waals surface area contributed by atoms with Crippen LogP contribution in [0.25, 0.3) is 0 Å². The Morgan fingerprint density at radius 1 is 1.20 bits per heavy atom. The van der Waals surface area contributed by atoms with Crippen LogP contribution in [0, 0.1) is 12.8 Å². The number of nitrogens with one attached hydrogen (secondary N) is 1. The molecule has 1 aromatic carbocycles. The molecule has 0 radical (unpaired) electrons. The highest BCUT2D eigenvalue weighted by atomic mass is 32.1. The first kappa shape index (κ1) is 18.2. The minimum Gasteiger partial charge on any atom is -0.342 e. The Bertz CT molecular complexity index is 688. The first-order chi connectivity index (χ1) is 12.0. The van der Waals surface area contributed by atoms with Crippen LogP contribution in [0.1, 0.15) is 48.7 Å². The van der Waals surface area contributed by atoms with E-state index >= 15 is 0 Å². The van der Waals surface area contributed by atoms with Gasteiger partial charge in [0.15, 0.2) is 0 Å². The van der Waals surface area contributed by atoms with E-state index in [1.165, 1.54) is 16.0 Å². The van der Waals surface area contributed by atoms with Gasteiger partial charge in [-0.25, -0.2) is 0 Å². The summed E-state index contributed by atoms with van der Waals surface area (Å²) in [5.41, 5.74) is 2.61. The Kier molecular flexibility index (Phi) is 5.92. The van der Waals surface area contributed by atoms with Crippen LogP contribution in [0.2, 0.25) is 0 Å². The minimum absolute atomic E-state index is 0.0932. The molecule has 4 heteroatoms. The first-order valence-electron chi connectivity index (χ1n) is 9.19. The number of piperidine rings is 1. The largest absolute Gasteiger partial charge is 0.342 e. The van der Waals surface area contributed by atoms with Crippen molar-refractivity contribution in [1.82, 2.24) is 10.2 Å². The van der Waals surface area contributed by atoms with Crippen LogP contribution < -0.4 is 5.32 Å². The lowest BCUT2D eigenvalue weighted by Crippen LogP contribution is -2.47. The maximum absolute atomic E-state index is 12.2. The molecule has 0 bridgehead atoms. The predicted octanol–water partition coefficient (Wildman–Crippen LogP) is 4.38. The van der Waals surface area contributed by atoms with E-state index in [-0.39, 0.29) is 17.9 Å². The zero-order valence-corrected chi connectivity index (χ0v) is 16.2. The first-order valence-corrected chi connectivity index (χ1v) is 10.1. The fourth-order valence-corrected chi connectivity index (χ4v) is 4.33. The Hall–Kier alpha value is -1.65. The number of thiophene rings is 1. The molecule has 2 heterocycles. The molecule has 0 spiro atoms. The van der Waals surface area contributed by atoms with Gasteiger partial charge in [0.05, 0.1) is 6.04 Å². The van der Waals surface area contributed by atoms with Crippen molar-refractivity contribution in [2.75, 3.05) is 13.1 Å². The Labute approximate surface area is 155 Å². The van der Waals surface area contributed by atoms with Crippen molar-refractivity contribution in [2.45, 2.75) is 45.7 Å². The van der Waals surface area contributed by atoms with Gasteiger partial charge in [-0.15, -0.1) is 11.3 Å². The summed E-state index contributed by atoms with van der Waals surface area (Å²) in [6.45, 7) is 7.83. The van der Waals surface area contributed by atoms with E-state index in [4.69, 9.17) is 0 Å². The van der Waals surface area contributed by atoms with Crippen LogP contribution in [0.4, 0.5) is 0 Å². The van der Waals surface area contributed by atoms with Gasteiger partial charge in [-0.1, -0.05) is 49.7 Å². The number of benzene rings is 1. The number of hydrogen-bond acceptors (Lipinski definition) is 3. The lowest BCUT2D eigenvalue weighted by molar-refractivity contribution is -0.135. The number of likely N-dealkylation sites (tertiary alicyclic amines) is 1. The molecule has 2 aromatic rings. The molecular formula is C21H28N2OS. The monoisotopic (exact) mass is 356 g/mol. The molecule has 1 N–H and O–H groups in total. The third-order valence-electron chi connectivity index (χ3n) is 4.91. The smallest absolute Gasteiger partial charge is 0.225 e. The van der Waals surface area contributed by atoms with Crippen molar-refractivity contribution in [3.63, 3.8) is 0 Å². The van der Waals surface area contributed by atoms with Crippen LogP contribution in [0.15, 0.2) is 41.8 Å². The lowest BCUT2D eigenvalue weighted by atomic mass is 9.98. The summed E-state index contributed by atoms with van der Waals surface area (Å²) in [7, 11) is 0. The van der Waals surface area contributed by atoms with E-state index in [9.17, 15) is 4.79 Å². The van der Waals surface area contributed by atoms with Gasteiger partial charge in [0.25, 0.3) is 0 Å². The van der Waals surface area contributed by atoms with Gasteiger partial charge in [0.1, 0.15) is 0 Å². The normalized spacial score (nSPS) is 17.0. The second-order valence-electron chi connectivity index (χ2n) is 7.28. The third kappa shape index (κ3) is 4.50. The molecule has 3 nitrogen and oxygen atoms in total. The Balaban J connectivity index is 1.69. The molecule has 1 aliphatic rings. The van der Waals surface area contributed by atoms with E-state index in [0.29, 0.717) is 6.04 Å². The Morgan fingerprint density at radius 2 is 1.96 bits per heavy atom. The summed E-state index contributed by atoms with van der Waals surface area (Å²) < 4.78 is 0. The molecule has 1 fully saturated rings. The molecule has 1 saturated heterocycles. The zero-order chi connectivity index (χ0) is 17.8. The highest BCUT2D eigenvalue weighted by Crippen LogP contribution is 2.28. The average Bonchev–Trinajstić information content (AvgIpc) is 3.13. The number of hydrogen-bond donors (Lipinski definition) is 1. The van der Waals surface area contributed by atoms with E-state index in [1.54, 1.807) is 11.3 Å². The van der Waals surface area contributed by atoms with Crippen LogP contribution in [-0.4, -0.2) is 29.9 Å². The van der Waals surface area contributed by atoms with Crippen molar-refractivity contribution in [1.29, 1.82) is 0 Å². The molecule has 1 atom stereocenters. The molecule has 3 rings (SSSR count). The van der Waals surface area contributed by atoms with Crippen molar-refractivity contribution >= 4 is 17.2 Å². The highest BCUT2D eigenvalue weighted by Gasteiger charge is 2.26. The minimum atomic E-state index is 0.0932. The van der Waals surface area contributed by atoms with Crippen molar-refractivity contribution in [2.24, 2.45) is 5.92 Å².